The molecule has 3 nitrogen and oxygen atoms in total. The highest BCUT2D eigenvalue weighted by atomic mass is 16.5. The highest BCUT2D eigenvalue weighted by Gasteiger charge is 2.25. The second kappa shape index (κ2) is 3.61. The summed E-state index contributed by atoms with van der Waals surface area (Å²) in [5.41, 5.74) is 2.24. The SMILES string of the molecule is CN[C@@H]1c2ccccc2Oc2ncccc21. The summed E-state index contributed by atoms with van der Waals surface area (Å²) in [5, 5.41) is 3.30. The van der Waals surface area contributed by atoms with E-state index in [1.165, 1.54) is 0 Å². The Labute approximate surface area is 94.1 Å². The summed E-state index contributed by atoms with van der Waals surface area (Å²) >= 11 is 0. The molecule has 2 aromatic rings. The smallest absolute Gasteiger partial charge is 0.224 e. The molecular formula is C13H12N2O. The number of nitrogens with one attached hydrogen (secondary N) is 1. The van der Waals surface area contributed by atoms with Gasteiger partial charge in [0.2, 0.25) is 5.88 Å². The number of hydrogen-bond acceptors (Lipinski definition) is 3. The summed E-state index contributed by atoms with van der Waals surface area (Å²) in [6, 6.07) is 12.2. The summed E-state index contributed by atoms with van der Waals surface area (Å²) in [7, 11) is 1.95. The fraction of sp³-hybridized carbons (Fsp3) is 0.154. The van der Waals surface area contributed by atoms with Crippen LogP contribution in [-0.2, 0) is 0 Å². The van der Waals surface area contributed by atoms with Crippen molar-refractivity contribution in [2.75, 3.05) is 7.05 Å². The molecule has 0 amide bonds. The van der Waals surface area contributed by atoms with Gasteiger partial charge in [0.1, 0.15) is 5.75 Å². The number of rotatable bonds is 1. The lowest BCUT2D eigenvalue weighted by atomic mass is 9.97. The zero-order valence-corrected chi connectivity index (χ0v) is 8.97. The van der Waals surface area contributed by atoms with Gasteiger partial charge in [-0.05, 0) is 19.2 Å². The standard InChI is InChI=1S/C13H12N2O/c1-14-12-9-5-2-3-7-11(9)16-13-10(12)6-4-8-15-13/h2-8,12,14H,1H3/t12-/m1/s1. The molecular weight excluding hydrogens is 200 g/mol. The molecule has 0 saturated heterocycles. The quantitative estimate of drug-likeness (QED) is 0.788. The summed E-state index contributed by atoms with van der Waals surface area (Å²) in [6.45, 7) is 0. The topological polar surface area (TPSA) is 34.1 Å². The third-order valence-corrected chi connectivity index (χ3v) is 2.84. The number of hydrogen-bond donors (Lipinski definition) is 1. The van der Waals surface area contributed by atoms with Gasteiger partial charge in [-0.1, -0.05) is 24.3 Å². The van der Waals surface area contributed by atoms with Crippen molar-refractivity contribution in [1.29, 1.82) is 0 Å². The van der Waals surface area contributed by atoms with Crippen molar-refractivity contribution >= 4 is 0 Å². The van der Waals surface area contributed by atoms with Crippen molar-refractivity contribution in [1.82, 2.24) is 10.3 Å². The molecule has 0 aliphatic carbocycles. The first-order chi connectivity index (χ1) is 7.90. The van der Waals surface area contributed by atoms with E-state index in [-0.39, 0.29) is 6.04 Å². The number of aromatic nitrogens is 1. The summed E-state index contributed by atoms with van der Waals surface area (Å²) in [6.07, 6.45) is 1.75. The molecule has 1 aliphatic rings. The molecule has 0 radical (unpaired) electrons. The number of fused-ring (bicyclic) bond motifs is 2. The van der Waals surface area contributed by atoms with Crippen LogP contribution in [0.1, 0.15) is 17.2 Å². The number of ether oxygens (including phenoxy) is 1. The minimum absolute atomic E-state index is 0.161. The minimum atomic E-state index is 0.161. The van der Waals surface area contributed by atoms with Gasteiger partial charge in [-0.2, -0.15) is 0 Å². The minimum Gasteiger partial charge on any atom is -0.438 e. The molecule has 3 heteroatoms. The number of benzene rings is 1. The normalized spacial score (nSPS) is 17.2. The van der Waals surface area contributed by atoms with Gasteiger partial charge < -0.3 is 10.1 Å². The molecule has 2 heterocycles. The highest BCUT2D eigenvalue weighted by molar-refractivity contribution is 5.50. The number of nitrogens with zero attached hydrogens (tertiary/aromatic N) is 1. The Morgan fingerprint density at radius 1 is 1.12 bits per heavy atom. The summed E-state index contributed by atoms with van der Waals surface area (Å²) in [5.74, 6) is 1.58. The van der Waals surface area contributed by atoms with E-state index in [1.807, 2.05) is 37.4 Å². The molecule has 0 saturated carbocycles. The van der Waals surface area contributed by atoms with Crippen LogP contribution in [0.15, 0.2) is 42.6 Å². The third kappa shape index (κ3) is 1.29. The third-order valence-electron chi connectivity index (χ3n) is 2.84. The summed E-state index contributed by atoms with van der Waals surface area (Å²) < 4.78 is 5.76. The molecule has 0 fully saturated rings. The van der Waals surface area contributed by atoms with Crippen LogP contribution in [0.2, 0.25) is 0 Å². The van der Waals surface area contributed by atoms with Gasteiger partial charge in [0.25, 0.3) is 0 Å². The van der Waals surface area contributed by atoms with Gasteiger partial charge in [0.05, 0.1) is 6.04 Å². The van der Waals surface area contributed by atoms with Gasteiger partial charge in [-0.3, -0.25) is 0 Å². The molecule has 0 unspecified atom stereocenters. The predicted octanol–water partition coefficient (Wildman–Crippen LogP) is 2.50. The van der Waals surface area contributed by atoms with Crippen molar-refractivity contribution < 1.29 is 4.74 Å². The van der Waals surface area contributed by atoms with Gasteiger partial charge in [-0.15, -0.1) is 0 Å². The lowest BCUT2D eigenvalue weighted by molar-refractivity contribution is 0.418. The van der Waals surface area contributed by atoms with Crippen molar-refractivity contribution in [3.8, 4) is 11.6 Å². The van der Waals surface area contributed by atoms with E-state index in [4.69, 9.17) is 4.74 Å². The monoisotopic (exact) mass is 212 g/mol. The van der Waals surface area contributed by atoms with E-state index in [1.54, 1.807) is 6.20 Å². The maximum absolute atomic E-state index is 5.76. The second-order valence-corrected chi connectivity index (χ2v) is 3.76. The van der Waals surface area contributed by atoms with E-state index < -0.39 is 0 Å². The number of para-hydroxylation sites is 1. The Morgan fingerprint density at radius 2 is 1.94 bits per heavy atom. The van der Waals surface area contributed by atoms with Crippen LogP contribution in [0, 0.1) is 0 Å². The second-order valence-electron chi connectivity index (χ2n) is 3.76. The summed E-state index contributed by atoms with van der Waals surface area (Å²) in [4.78, 5) is 4.25. The fourth-order valence-corrected chi connectivity index (χ4v) is 2.10. The molecule has 1 atom stereocenters. The number of pyridine rings is 1. The van der Waals surface area contributed by atoms with Crippen molar-refractivity contribution in [3.05, 3.63) is 53.7 Å². The van der Waals surface area contributed by atoms with Crippen LogP contribution in [0.5, 0.6) is 11.6 Å². The molecule has 1 aliphatic heterocycles. The maximum atomic E-state index is 5.76. The van der Waals surface area contributed by atoms with E-state index in [9.17, 15) is 0 Å². The Kier molecular flexibility index (Phi) is 2.11. The Bertz CT molecular complexity index is 479. The van der Waals surface area contributed by atoms with Gasteiger partial charge in [0, 0.05) is 17.3 Å². The molecule has 0 spiro atoms. The molecule has 3 rings (SSSR count). The average molecular weight is 212 g/mol. The Hall–Kier alpha value is -1.87. The van der Waals surface area contributed by atoms with E-state index in [0.717, 1.165) is 16.9 Å². The fourth-order valence-electron chi connectivity index (χ4n) is 2.10. The van der Waals surface area contributed by atoms with Crippen LogP contribution in [0.4, 0.5) is 0 Å². The first-order valence-corrected chi connectivity index (χ1v) is 5.29. The van der Waals surface area contributed by atoms with E-state index in [0.29, 0.717) is 5.88 Å². The largest absolute Gasteiger partial charge is 0.438 e. The lowest BCUT2D eigenvalue weighted by Crippen LogP contribution is -2.22. The Morgan fingerprint density at radius 3 is 2.81 bits per heavy atom. The van der Waals surface area contributed by atoms with Crippen LogP contribution in [0.25, 0.3) is 0 Å². The van der Waals surface area contributed by atoms with Crippen LogP contribution in [0.3, 0.4) is 0 Å². The zero-order valence-electron chi connectivity index (χ0n) is 8.97. The van der Waals surface area contributed by atoms with Gasteiger partial charge in [-0.25, -0.2) is 4.98 Å². The van der Waals surface area contributed by atoms with Crippen LogP contribution < -0.4 is 10.1 Å². The maximum Gasteiger partial charge on any atom is 0.224 e. The molecule has 16 heavy (non-hydrogen) atoms. The lowest BCUT2D eigenvalue weighted by Gasteiger charge is -2.26. The average Bonchev–Trinajstić information content (AvgIpc) is 2.36. The Balaban J connectivity index is 2.19. The highest BCUT2D eigenvalue weighted by Crippen LogP contribution is 2.40. The van der Waals surface area contributed by atoms with E-state index >= 15 is 0 Å². The molecule has 0 bridgehead atoms. The van der Waals surface area contributed by atoms with Crippen molar-refractivity contribution in [3.63, 3.8) is 0 Å². The molecule has 1 aromatic heterocycles. The van der Waals surface area contributed by atoms with Crippen molar-refractivity contribution in [2.24, 2.45) is 0 Å². The zero-order chi connectivity index (χ0) is 11.0. The first-order valence-electron chi connectivity index (χ1n) is 5.29. The van der Waals surface area contributed by atoms with Gasteiger partial charge >= 0.3 is 0 Å². The predicted molar refractivity (Wildman–Crippen MR) is 61.7 cm³/mol. The van der Waals surface area contributed by atoms with Gasteiger partial charge in [0.15, 0.2) is 0 Å². The molecule has 80 valence electrons. The van der Waals surface area contributed by atoms with E-state index in [2.05, 4.69) is 16.4 Å². The first kappa shape index (κ1) is 9.36. The molecule has 1 aromatic carbocycles. The van der Waals surface area contributed by atoms with Crippen LogP contribution >= 0.6 is 0 Å². The van der Waals surface area contributed by atoms with Crippen LogP contribution in [-0.4, -0.2) is 12.0 Å². The molecule has 1 N–H and O–H groups in total. The van der Waals surface area contributed by atoms with Crippen molar-refractivity contribution in [2.45, 2.75) is 6.04 Å².